The van der Waals surface area contributed by atoms with Gasteiger partial charge in [-0.2, -0.15) is 5.26 Å². The van der Waals surface area contributed by atoms with Gasteiger partial charge in [-0.15, -0.1) is 0 Å². The standard InChI is InChI=1S/C14H12N4O/c15-9-13(11-5-2-1-3-6-11)18-19-10-12-7-4-8-14(16)17-12/h1-8H,10H2,(H2,16,17)/b18-13-. The summed E-state index contributed by atoms with van der Waals surface area (Å²) in [4.78, 5) is 9.20. The largest absolute Gasteiger partial charge is 0.388 e. The van der Waals surface area contributed by atoms with E-state index in [4.69, 9.17) is 15.8 Å². The number of rotatable bonds is 4. The summed E-state index contributed by atoms with van der Waals surface area (Å²) in [6.45, 7) is 0.170. The van der Waals surface area contributed by atoms with Gasteiger partial charge in [0, 0.05) is 5.56 Å². The molecule has 1 aromatic carbocycles. The molecular formula is C14H12N4O. The molecule has 2 N–H and O–H groups in total. The monoisotopic (exact) mass is 252 g/mol. The van der Waals surface area contributed by atoms with Crippen LogP contribution in [0.4, 0.5) is 5.82 Å². The number of oxime groups is 1. The van der Waals surface area contributed by atoms with Crippen molar-refractivity contribution < 1.29 is 4.84 Å². The lowest BCUT2D eigenvalue weighted by Crippen LogP contribution is -2.00. The van der Waals surface area contributed by atoms with E-state index in [9.17, 15) is 0 Å². The number of nitrogens with zero attached hydrogens (tertiary/aromatic N) is 3. The second-order valence-electron chi connectivity index (χ2n) is 3.74. The molecule has 1 aromatic heterocycles. The van der Waals surface area contributed by atoms with Crippen LogP contribution in [0.3, 0.4) is 0 Å². The predicted molar refractivity (Wildman–Crippen MR) is 72.0 cm³/mol. The minimum atomic E-state index is 0.170. The normalized spacial score (nSPS) is 10.8. The Labute approximate surface area is 110 Å². The first-order valence-electron chi connectivity index (χ1n) is 5.66. The molecule has 2 aromatic rings. The fourth-order valence-corrected chi connectivity index (χ4v) is 1.48. The van der Waals surface area contributed by atoms with E-state index in [1.807, 2.05) is 24.3 Å². The third kappa shape index (κ3) is 3.54. The Hall–Kier alpha value is -2.87. The Morgan fingerprint density at radius 3 is 2.68 bits per heavy atom. The maximum atomic E-state index is 9.02. The van der Waals surface area contributed by atoms with E-state index in [1.165, 1.54) is 0 Å². The molecular weight excluding hydrogens is 240 g/mol. The van der Waals surface area contributed by atoms with Crippen LogP contribution >= 0.6 is 0 Å². The highest BCUT2D eigenvalue weighted by Gasteiger charge is 2.02. The van der Waals surface area contributed by atoms with Crippen molar-refractivity contribution in [3.8, 4) is 6.07 Å². The van der Waals surface area contributed by atoms with Crippen molar-refractivity contribution in [2.24, 2.45) is 5.16 Å². The van der Waals surface area contributed by atoms with Crippen LogP contribution in [0.5, 0.6) is 0 Å². The SMILES string of the molecule is N#C/C(=N/OCc1cccc(N)n1)c1ccccc1. The molecule has 2 rings (SSSR count). The van der Waals surface area contributed by atoms with Gasteiger partial charge in [0.25, 0.3) is 0 Å². The Balaban J connectivity index is 2.04. The molecule has 0 saturated heterocycles. The topological polar surface area (TPSA) is 84.3 Å². The summed E-state index contributed by atoms with van der Waals surface area (Å²) in [5.74, 6) is 0.425. The smallest absolute Gasteiger partial charge is 0.186 e. The average Bonchev–Trinajstić information content (AvgIpc) is 2.45. The molecule has 0 aliphatic heterocycles. The zero-order valence-electron chi connectivity index (χ0n) is 10.2. The molecule has 0 spiro atoms. The predicted octanol–water partition coefficient (Wildman–Crippen LogP) is 2.11. The number of hydrogen-bond donors (Lipinski definition) is 1. The van der Waals surface area contributed by atoms with Crippen molar-refractivity contribution in [3.63, 3.8) is 0 Å². The minimum Gasteiger partial charge on any atom is -0.388 e. The Morgan fingerprint density at radius 2 is 2.00 bits per heavy atom. The number of aromatic nitrogens is 1. The molecule has 0 bridgehead atoms. The minimum absolute atomic E-state index is 0.170. The summed E-state index contributed by atoms with van der Waals surface area (Å²) < 4.78 is 0. The van der Waals surface area contributed by atoms with Gasteiger partial charge in [-0.25, -0.2) is 4.98 Å². The van der Waals surface area contributed by atoms with Crippen molar-refractivity contribution in [2.45, 2.75) is 6.61 Å². The number of nitriles is 1. The van der Waals surface area contributed by atoms with Crippen LogP contribution < -0.4 is 5.73 Å². The summed E-state index contributed by atoms with van der Waals surface area (Å²) in [6.07, 6.45) is 0. The number of anilines is 1. The molecule has 5 heteroatoms. The summed E-state index contributed by atoms with van der Waals surface area (Å²) >= 11 is 0. The lowest BCUT2D eigenvalue weighted by atomic mass is 10.1. The van der Waals surface area contributed by atoms with Crippen molar-refractivity contribution in [3.05, 3.63) is 59.8 Å². The van der Waals surface area contributed by atoms with Crippen molar-refractivity contribution in [2.75, 3.05) is 5.73 Å². The maximum absolute atomic E-state index is 9.02. The fraction of sp³-hybridized carbons (Fsp3) is 0.0714. The molecule has 0 saturated carbocycles. The molecule has 0 fully saturated rings. The second kappa shape index (κ2) is 6.17. The van der Waals surface area contributed by atoms with Crippen molar-refractivity contribution in [1.29, 1.82) is 5.26 Å². The molecule has 19 heavy (non-hydrogen) atoms. The molecule has 0 atom stereocenters. The fourth-order valence-electron chi connectivity index (χ4n) is 1.48. The van der Waals surface area contributed by atoms with E-state index < -0.39 is 0 Å². The van der Waals surface area contributed by atoms with Gasteiger partial charge in [0.1, 0.15) is 11.9 Å². The Kier molecular flexibility index (Phi) is 4.09. The number of hydrogen-bond acceptors (Lipinski definition) is 5. The first kappa shape index (κ1) is 12.6. The summed E-state index contributed by atoms with van der Waals surface area (Å²) in [6, 6.07) is 16.4. The molecule has 0 radical (unpaired) electrons. The van der Waals surface area contributed by atoms with Gasteiger partial charge in [-0.3, -0.25) is 0 Å². The van der Waals surface area contributed by atoms with Gasteiger partial charge in [0.2, 0.25) is 0 Å². The van der Waals surface area contributed by atoms with Gasteiger partial charge in [0.05, 0.1) is 5.69 Å². The van der Waals surface area contributed by atoms with Crippen molar-refractivity contribution >= 4 is 11.5 Å². The van der Waals surface area contributed by atoms with Crippen LogP contribution in [0.1, 0.15) is 11.3 Å². The number of nitrogens with two attached hydrogens (primary N) is 1. The summed E-state index contributed by atoms with van der Waals surface area (Å²) in [5.41, 5.74) is 7.15. The molecule has 0 aliphatic rings. The number of benzene rings is 1. The van der Waals surface area contributed by atoms with E-state index in [0.717, 1.165) is 0 Å². The Morgan fingerprint density at radius 1 is 1.21 bits per heavy atom. The second-order valence-corrected chi connectivity index (χ2v) is 3.74. The van der Waals surface area contributed by atoms with Crippen LogP contribution in [-0.4, -0.2) is 10.7 Å². The highest BCUT2D eigenvalue weighted by Crippen LogP contribution is 2.04. The van der Waals surface area contributed by atoms with E-state index in [1.54, 1.807) is 30.3 Å². The van der Waals surface area contributed by atoms with Gasteiger partial charge in [0.15, 0.2) is 12.3 Å². The number of nitrogen functional groups attached to an aromatic ring is 1. The average molecular weight is 252 g/mol. The van der Waals surface area contributed by atoms with Crippen LogP contribution in [0.15, 0.2) is 53.7 Å². The highest BCUT2D eigenvalue weighted by atomic mass is 16.6. The third-order valence-corrected chi connectivity index (χ3v) is 2.35. The summed E-state index contributed by atoms with van der Waals surface area (Å²) in [5, 5.41) is 12.8. The van der Waals surface area contributed by atoms with Gasteiger partial charge < -0.3 is 10.6 Å². The highest BCUT2D eigenvalue weighted by molar-refractivity contribution is 6.11. The first-order chi connectivity index (χ1) is 9.29. The van der Waals surface area contributed by atoms with E-state index >= 15 is 0 Å². The maximum Gasteiger partial charge on any atom is 0.186 e. The molecule has 0 aliphatic carbocycles. The number of pyridine rings is 1. The van der Waals surface area contributed by atoms with E-state index in [2.05, 4.69) is 10.1 Å². The van der Waals surface area contributed by atoms with Crippen LogP contribution in [0, 0.1) is 11.3 Å². The van der Waals surface area contributed by atoms with Gasteiger partial charge >= 0.3 is 0 Å². The molecule has 5 nitrogen and oxygen atoms in total. The Bertz CT molecular complexity index is 617. The molecule has 0 amide bonds. The van der Waals surface area contributed by atoms with Crippen LogP contribution in [0.2, 0.25) is 0 Å². The quantitative estimate of drug-likeness (QED) is 0.667. The van der Waals surface area contributed by atoms with Crippen molar-refractivity contribution in [1.82, 2.24) is 4.98 Å². The molecule has 94 valence electrons. The zero-order chi connectivity index (χ0) is 13.5. The third-order valence-electron chi connectivity index (χ3n) is 2.35. The van der Waals surface area contributed by atoms with Crippen LogP contribution in [-0.2, 0) is 11.4 Å². The molecule has 1 heterocycles. The lowest BCUT2D eigenvalue weighted by Gasteiger charge is -2.01. The lowest BCUT2D eigenvalue weighted by molar-refractivity contribution is 0.128. The molecule has 0 unspecified atom stereocenters. The van der Waals surface area contributed by atoms with Gasteiger partial charge in [-0.1, -0.05) is 41.6 Å². The summed E-state index contributed by atoms with van der Waals surface area (Å²) in [7, 11) is 0. The zero-order valence-corrected chi connectivity index (χ0v) is 10.2. The first-order valence-corrected chi connectivity index (χ1v) is 5.66. The van der Waals surface area contributed by atoms with E-state index in [0.29, 0.717) is 17.1 Å². The van der Waals surface area contributed by atoms with E-state index in [-0.39, 0.29) is 12.3 Å². The van der Waals surface area contributed by atoms with Gasteiger partial charge in [-0.05, 0) is 12.1 Å². The van der Waals surface area contributed by atoms with Crippen LogP contribution in [0.25, 0.3) is 0 Å².